The predicted molar refractivity (Wildman–Crippen MR) is 57.0 cm³/mol. The van der Waals surface area contributed by atoms with E-state index in [1.54, 1.807) is 6.20 Å². The maximum Gasteiger partial charge on any atom is 0.200 e. The van der Waals surface area contributed by atoms with Crippen LogP contribution in [0.5, 0.6) is 0 Å². The lowest BCUT2D eigenvalue weighted by Gasteiger charge is -2.32. The number of rotatable bonds is 2. The van der Waals surface area contributed by atoms with E-state index in [1.807, 2.05) is 6.20 Å². The first-order chi connectivity index (χ1) is 6.81. The van der Waals surface area contributed by atoms with E-state index < -0.39 is 0 Å². The van der Waals surface area contributed by atoms with Crippen LogP contribution in [-0.4, -0.2) is 34.1 Å². The first-order valence-corrected chi connectivity index (χ1v) is 5.32. The highest BCUT2D eigenvalue weighted by atomic mass is 15.2. The molecule has 0 spiro atoms. The molecule has 4 heteroatoms. The summed E-state index contributed by atoms with van der Waals surface area (Å²) in [6, 6.07) is 0.520. The normalized spacial score (nSPS) is 23.9. The third-order valence-corrected chi connectivity index (χ3v) is 3.02. The third kappa shape index (κ3) is 1.75. The van der Waals surface area contributed by atoms with Crippen molar-refractivity contribution in [2.45, 2.75) is 25.8 Å². The summed E-state index contributed by atoms with van der Waals surface area (Å²) in [6.45, 7) is 5.67. The number of nitrogen functional groups attached to an aromatic ring is 1. The number of nitrogens with two attached hydrogens (primary N) is 1. The van der Waals surface area contributed by atoms with Crippen LogP contribution in [0.15, 0.2) is 12.4 Å². The number of hydrogen-bond acceptors (Lipinski definition) is 3. The number of aromatic nitrogens is 2. The number of piperidine rings is 1. The van der Waals surface area contributed by atoms with Crippen LogP contribution in [0.3, 0.4) is 0 Å². The molecule has 0 amide bonds. The number of nitrogens with zero attached hydrogens (tertiary/aromatic N) is 3. The van der Waals surface area contributed by atoms with E-state index in [0.29, 0.717) is 12.0 Å². The molecule has 0 bridgehead atoms. The van der Waals surface area contributed by atoms with Crippen molar-refractivity contribution in [1.29, 1.82) is 0 Å². The molecule has 1 fully saturated rings. The summed E-state index contributed by atoms with van der Waals surface area (Å²) in [7, 11) is 0. The Hall–Kier alpha value is -1.03. The van der Waals surface area contributed by atoms with Gasteiger partial charge in [0.05, 0.1) is 0 Å². The van der Waals surface area contributed by atoms with E-state index in [0.717, 1.165) is 13.1 Å². The molecule has 1 unspecified atom stereocenters. The SMILES string of the molecule is CCN1CCCC(n2ccnc2N)C1. The molecule has 1 aromatic rings. The summed E-state index contributed by atoms with van der Waals surface area (Å²) in [6.07, 6.45) is 6.24. The first kappa shape index (κ1) is 9.52. The van der Waals surface area contributed by atoms with Crippen LogP contribution in [0.25, 0.3) is 0 Å². The Labute approximate surface area is 84.7 Å². The van der Waals surface area contributed by atoms with E-state index in [1.165, 1.54) is 19.4 Å². The maximum atomic E-state index is 5.79. The predicted octanol–water partition coefficient (Wildman–Crippen LogP) is 1.12. The van der Waals surface area contributed by atoms with Gasteiger partial charge in [0.25, 0.3) is 0 Å². The van der Waals surface area contributed by atoms with Crippen molar-refractivity contribution in [2.24, 2.45) is 0 Å². The van der Waals surface area contributed by atoms with Gasteiger partial charge in [-0.25, -0.2) is 4.98 Å². The van der Waals surface area contributed by atoms with E-state index in [2.05, 4.69) is 21.4 Å². The molecule has 1 saturated heterocycles. The molecule has 78 valence electrons. The minimum Gasteiger partial charge on any atom is -0.369 e. The topological polar surface area (TPSA) is 47.1 Å². The van der Waals surface area contributed by atoms with Crippen LogP contribution in [-0.2, 0) is 0 Å². The molecule has 14 heavy (non-hydrogen) atoms. The highest BCUT2D eigenvalue weighted by Gasteiger charge is 2.20. The summed E-state index contributed by atoms with van der Waals surface area (Å²) >= 11 is 0. The Morgan fingerprint density at radius 3 is 3.14 bits per heavy atom. The highest BCUT2D eigenvalue weighted by molar-refractivity contribution is 5.18. The van der Waals surface area contributed by atoms with E-state index in [9.17, 15) is 0 Å². The minimum absolute atomic E-state index is 0.520. The molecule has 0 radical (unpaired) electrons. The molecule has 2 heterocycles. The molecule has 2 N–H and O–H groups in total. The van der Waals surface area contributed by atoms with Crippen molar-refractivity contribution >= 4 is 5.95 Å². The zero-order valence-corrected chi connectivity index (χ0v) is 8.69. The number of anilines is 1. The van der Waals surface area contributed by atoms with Crippen molar-refractivity contribution in [3.05, 3.63) is 12.4 Å². The molecule has 0 saturated carbocycles. The average Bonchev–Trinajstić information content (AvgIpc) is 2.65. The van der Waals surface area contributed by atoms with Gasteiger partial charge in [0.1, 0.15) is 0 Å². The standard InChI is InChI=1S/C10H18N4/c1-2-13-6-3-4-9(8-13)14-7-5-12-10(14)11/h5,7,9H,2-4,6,8H2,1H3,(H2,11,12). The molecule has 2 rings (SSSR count). The Kier molecular flexibility index (Phi) is 2.72. The second kappa shape index (κ2) is 4.00. The lowest BCUT2D eigenvalue weighted by atomic mass is 10.1. The fraction of sp³-hybridized carbons (Fsp3) is 0.700. The zero-order valence-electron chi connectivity index (χ0n) is 8.69. The van der Waals surface area contributed by atoms with Gasteiger partial charge >= 0.3 is 0 Å². The first-order valence-electron chi connectivity index (χ1n) is 5.32. The summed E-state index contributed by atoms with van der Waals surface area (Å²) in [5.74, 6) is 0.646. The lowest BCUT2D eigenvalue weighted by molar-refractivity contribution is 0.186. The molecule has 4 nitrogen and oxygen atoms in total. The Bertz CT molecular complexity index is 294. The number of hydrogen-bond donors (Lipinski definition) is 1. The van der Waals surface area contributed by atoms with Gasteiger partial charge in [-0.2, -0.15) is 0 Å². The van der Waals surface area contributed by atoms with Crippen LogP contribution in [0, 0.1) is 0 Å². The largest absolute Gasteiger partial charge is 0.369 e. The summed E-state index contributed by atoms with van der Waals surface area (Å²) in [5, 5.41) is 0. The van der Waals surface area contributed by atoms with Gasteiger partial charge in [-0.3, -0.25) is 0 Å². The molecule has 0 aliphatic carbocycles. The fourth-order valence-corrected chi connectivity index (χ4v) is 2.18. The number of imidazole rings is 1. The number of likely N-dealkylation sites (N-methyl/N-ethyl adjacent to an activating group) is 1. The maximum absolute atomic E-state index is 5.79. The fourth-order valence-electron chi connectivity index (χ4n) is 2.18. The second-order valence-electron chi connectivity index (χ2n) is 3.88. The van der Waals surface area contributed by atoms with E-state index in [4.69, 9.17) is 5.73 Å². The summed E-state index contributed by atoms with van der Waals surface area (Å²) < 4.78 is 2.10. The third-order valence-electron chi connectivity index (χ3n) is 3.02. The van der Waals surface area contributed by atoms with Gasteiger partial charge in [-0.1, -0.05) is 6.92 Å². The zero-order chi connectivity index (χ0) is 9.97. The van der Waals surface area contributed by atoms with Gasteiger partial charge < -0.3 is 15.2 Å². The van der Waals surface area contributed by atoms with Crippen molar-refractivity contribution in [3.8, 4) is 0 Å². The summed E-state index contributed by atoms with van der Waals surface area (Å²) in [5.41, 5.74) is 5.79. The Morgan fingerprint density at radius 1 is 1.64 bits per heavy atom. The van der Waals surface area contributed by atoms with Crippen LogP contribution >= 0.6 is 0 Å². The van der Waals surface area contributed by atoms with Crippen LogP contribution in [0.4, 0.5) is 5.95 Å². The molecular weight excluding hydrogens is 176 g/mol. The van der Waals surface area contributed by atoms with Gasteiger partial charge in [0.2, 0.25) is 0 Å². The second-order valence-corrected chi connectivity index (χ2v) is 3.88. The molecule has 0 aromatic carbocycles. The van der Waals surface area contributed by atoms with Crippen LogP contribution in [0.1, 0.15) is 25.8 Å². The lowest BCUT2D eigenvalue weighted by Crippen LogP contribution is -2.36. The Morgan fingerprint density at radius 2 is 2.50 bits per heavy atom. The quantitative estimate of drug-likeness (QED) is 0.767. The van der Waals surface area contributed by atoms with Crippen molar-refractivity contribution in [3.63, 3.8) is 0 Å². The molecule has 1 aliphatic rings. The van der Waals surface area contributed by atoms with Crippen molar-refractivity contribution < 1.29 is 0 Å². The van der Waals surface area contributed by atoms with E-state index in [-0.39, 0.29) is 0 Å². The van der Waals surface area contributed by atoms with Crippen molar-refractivity contribution in [1.82, 2.24) is 14.5 Å². The van der Waals surface area contributed by atoms with Gasteiger partial charge in [-0.05, 0) is 25.9 Å². The van der Waals surface area contributed by atoms with Gasteiger partial charge in [0.15, 0.2) is 5.95 Å². The van der Waals surface area contributed by atoms with Gasteiger partial charge in [0, 0.05) is 25.0 Å². The minimum atomic E-state index is 0.520. The Balaban J connectivity index is 2.08. The van der Waals surface area contributed by atoms with Gasteiger partial charge in [-0.15, -0.1) is 0 Å². The van der Waals surface area contributed by atoms with Crippen LogP contribution < -0.4 is 5.73 Å². The average molecular weight is 194 g/mol. The molecule has 1 aromatic heterocycles. The monoisotopic (exact) mass is 194 g/mol. The highest BCUT2D eigenvalue weighted by Crippen LogP contribution is 2.22. The van der Waals surface area contributed by atoms with Crippen molar-refractivity contribution in [2.75, 3.05) is 25.4 Å². The number of likely N-dealkylation sites (tertiary alicyclic amines) is 1. The van der Waals surface area contributed by atoms with Crippen LogP contribution in [0.2, 0.25) is 0 Å². The smallest absolute Gasteiger partial charge is 0.200 e. The summed E-state index contributed by atoms with van der Waals surface area (Å²) in [4.78, 5) is 6.53. The molecule has 1 aliphatic heterocycles. The van der Waals surface area contributed by atoms with E-state index >= 15 is 0 Å². The molecular formula is C10H18N4. The molecule has 1 atom stereocenters.